The van der Waals surface area contributed by atoms with Crippen molar-refractivity contribution in [1.29, 1.82) is 0 Å². The van der Waals surface area contributed by atoms with Gasteiger partial charge in [-0.1, -0.05) is 6.07 Å². The van der Waals surface area contributed by atoms with Crippen LogP contribution in [-0.2, 0) is 6.54 Å². The van der Waals surface area contributed by atoms with Crippen molar-refractivity contribution in [3.63, 3.8) is 0 Å². The van der Waals surface area contributed by atoms with E-state index in [1.165, 1.54) is 18.2 Å². The Morgan fingerprint density at radius 3 is 2.48 bits per heavy atom. The quantitative estimate of drug-likeness (QED) is 0.738. The first-order valence-corrected chi connectivity index (χ1v) is 8.71. The molecule has 0 radical (unpaired) electrons. The monoisotopic (exact) mass is 371 g/mol. The van der Waals surface area contributed by atoms with Crippen LogP contribution in [0.1, 0.15) is 15.9 Å². The second kappa shape index (κ2) is 6.96. The van der Waals surface area contributed by atoms with Gasteiger partial charge in [0, 0.05) is 43.9 Å². The third-order valence-corrected chi connectivity index (χ3v) is 4.87. The maximum absolute atomic E-state index is 13.8. The van der Waals surface area contributed by atoms with Crippen molar-refractivity contribution in [2.75, 3.05) is 31.1 Å². The number of amides is 1. The number of fused-ring (bicyclic) bond motifs is 1. The number of benzene rings is 2. The summed E-state index contributed by atoms with van der Waals surface area (Å²) in [6.07, 6.45) is 0. The highest BCUT2D eigenvalue weighted by molar-refractivity contribution is 5.96. The first-order valence-electron chi connectivity index (χ1n) is 8.71. The average molecular weight is 371 g/mol. The molecule has 1 aromatic heterocycles. The standard InChI is InChI=1S/C19H19F2N5O/c20-14-2-1-3-15(21)13(14)11-25-6-8-26(9-7-25)19-23-16-5-4-12(18(22)27)10-17(16)24-19/h1-5,10H,6-9,11H2,(H2,22,27)(H,23,24). The van der Waals surface area contributed by atoms with Crippen LogP contribution in [0.25, 0.3) is 11.0 Å². The van der Waals surface area contributed by atoms with Gasteiger partial charge >= 0.3 is 0 Å². The number of anilines is 1. The van der Waals surface area contributed by atoms with Gasteiger partial charge in [-0.25, -0.2) is 13.8 Å². The lowest BCUT2D eigenvalue weighted by Crippen LogP contribution is -2.46. The summed E-state index contributed by atoms with van der Waals surface area (Å²) in [5.41, 5.74) is 7.33. The molecule has 2 aromatic carbocycles. The Balaban J connectivity index is 1.44. The van der Waals surface area contributed by atoms with Crippen LogP contribution in [0, 0.1) is 11.6 Å². The van der Waals surface area contributed by atoms with E-state index in [1.54, 1.807) is 18.2 Å². The minimum Gasteiger partial charge on any atom is -0.366 e. The smallest absolute Gasteiger partial charge is 0.248 e. The van der Waals surface area contributed by atoms with Crippen LogP contribution in [0.15, 0.2) is 36.4 Å². The van der Waals surface area contributed by atoms with Crippen LogP contribution in [0.4, 0.5) is 14.7 Å². The number of nitrogens with zero attached hydrogens (tertiary/aromatic N) is 3. The third-order valence-electron chi connectivity index (χ3n) is 4.87. The number of imidazole rings is 1. The molecule has 1 amide bonds. The second-order valence-corrected chi connectivity index (χ2v) is 6.62. The number of hydrogen-bond acceptors (Lipinski definition) is 4. The Kier molecular flexibility index (Phi) is 4.49. The molecular weight excluding hydrogens is 352 g/mol. The summed E-state index contributed by atoms with van der Waals surface area (Å²) < 4.78 is 27.7. The molecule has 3 aromatic rings. The molecule has 0 saturated carbocycles. The third kappa shape index (κ3) is 3.48. The summed E-state index contributed by atoms with van der Waals surface area (Å²) >= 11 is 0. The number of halogens is 2. The fraction of sp³-hybridized carbons (Fsp3) is 0.263. The summed E-state index contributed by atoms with van der Waals surface area (Å²) in [5.74, 6) is -0.807. The van der Waals surface area contributed by atoms with Gasteiger partial charge < -0.3 is 15.6 Å². The Labute approximate surface area is 154 Å². The van der Waals surface area contributed by atoms with E-state index in [4.69, 9.17) is 5.73 Å². The lowest BCUT2D eigenvalue weighted by atomic mass is 10.1. The molecule has 1 aliphatic rings. The Hall–Kier alpha value is -3.00. The highest BCUT2D eigenvalue weighted by Gasteiger charge is 2.21. The van der Waals surface area contributed by atoms with Crippen LogP contribution in [0.2, 0.25) is 0 Å². The second-order valence-electron chi connectivity index (χ2n) is 6.62. The molecule has 27 heavy (non-hydrogen) atoms. The number of H-pyrrole nitrogens is 1. The van der Waals surface area contributed by atoms with Crippen LogP contribution < -0.4 is 10.6 Å². The minimum absolute atomic E-state index is 0.105. The summed E-state index contributed by atoms with van der Waals surface area (Å²) in [5, 5.41) is 0. The molecule has 140 valence electrons. The van der Waals surface area contributed by atoms with Gasteiger partial charge in [0.2, 0.25) is 11.9 Å². The zero-order valence-electron chi connectivity index (χ0n) is 14.6. The number of rotatable bonds is 4. The molecule has 2 heterocycles. The van der Waals surface area contributed by atoms with Gasteiger partial charge in [-0.3, -0.25) is 9.69 Å². The van der Waals surface area contributed by atoms with E-state index < -0.39 is 17.5 Å². The van der Waals surface area contributed by atoms with Gasteiger partial charge in [0.25, 0.3) is 0 Å². The van der Waals surface area contributed by atoms with Crippen molar-refractivity contribution < 1.29 is 13.6 Å². The van der Waals surface area contributed by atoms with Crippen LogP contribution in [0.3, 0.4) is 0 Å². The van der Waals surface area contributed by atoms with Crippen molar-refractivity contribution in [2.45, 2.75) is 6.54 Å². The number of carbonyl (C=O) groups is 1. The molecule has 0 spiro atoms. The topological polar surface area (TPSA) is 78.2 Å². The van der Waals surface area contributed by atoms with Crippen molar-refractivity contribution in [1.82, 2.24) is 14.9 Å². The largest absolute Gasteiger partial charge is 0.366 e. The average Bonchev–Trinajstić information content (AvgIpc) is 3.08. The molecule has 0 bridgehead atoms. The number of aromatic amines is 1. The van der Waals surface area contributed by atoms with E-state index in [-0.39, 0.29) is 12.1 Å². The maximum atomic E-state index is 13.8. The van der Waals surface area contributed by atoms with Crippen LogP contribution in [-0.4, -0.2) is 47.0 Å². The predicted octanol–water partition coefficient (Wildman–Crippen LogP) is 2.26. The molecule has 0 unspecified atom stereocenters. The Morgan fingerprint density at radius 2 is 1.81 bits per heavy atom. The predicted molar refractivity (Wildman–Crippen MR) is 98.5 cm³/mol. The zero-order valence-corrected chi connectivity index (χ0v) is 14.6. The Morgan fingerprint density at radius 1 is 1.11 bits per heavy atom. The summed E-state index contributed by atoms with van der Waals surface area (Å²) in [6, 6.07) is 9.04. The molecule has 3 N–H and O–H groups in total. The number of primary amides is 1. The van der Waals surface area contributed by atoms with E-state index in [2.05, 4.69) is 14.9 Å². The van der Waals surface area contributed by atoms with Gasteiger partial charge in [-0.15, -0.1) is 0 Å². The first kappa shape index (κ1) is 17.4. The van der Waals surface area contributed by atoms with Crippen molar-refractivity contribution in [3.8, 4) is 0 Å². The van der Waals surface area contributed by atoms with Crippen molar-refractivity contribution in [2.24, 2.45) is 5.73 Å². The number of aromatic nitrogens is 2. The van der Waals surface area contributed by atoms with Gasteiger partial charge in [0.15, 0.2) is 0 Å². The molecule has 1 fully saturated rings. The summed E-state index contributed by atoms with van der Waals surface area (Å²) in [7, 11) is 0. The van der Waals surface area contributed by atoms with E-state index in [1.807, 2.05) is 4.90 Å². The van der Waals surface area contributed by atoms with Crippen molar-refractivity contribution in [3.05, 3.63) is 59.2 Å². The highest BCUT2D eigenvalue weighted by Crippen LogP contribution is 2.21. The van der Waals surface area contributed by atoms with Gasteiger partial charge in [0.1, 0.15) is 11.6 Å². The van der Waals surface area contributed by atoms with Crippen molar-refractivity contribution >= 4 is 22.9 Å². The normalized spacial score (nSPS) is 15.4. The lowest BCUT2D eigenvalue weighted by Gasteiger charge is -2.34. The number of nitrogens with two attached hydrogens (primary N) is 1. The summed E-state index contributed by atoms with van der Waals surface area (Å²) in [4.78, 5) is 23.2. The molecule has 0 atom stereocenters. The number of hydrogen-bond donors (Lipinski definition) is 2. The van der Waals surface area contributed by atoms with E-state index in [0.29, 0.717) is 43.2 Å². The molecule has 1 aliphatic heterocycles. The molecular formula is C19H19F2N5O. The SMILES string of the molecule is NC(=O)c1ccc2[nH]c(N3CCN(Cc4c(F)cccc4F)CC3)nc2c1. The van der Waals surface area contributed by atoms with E-state index in [0.717, 1.165) is 5.52 Å². The molecule has 0 aliphatic carbocycles. The van der Waals surface area contributed by atoms with Gasteiger partial charge in [-0.05, 0) is 30.3 Å². The first-order chi connectivity index (χ1) is 13.0. The lowest BCUT2D eigenvalue weighted by molar-refractivity contribution is 0.100. The van der Waals surface area contributed by atoms with Gasteiger partial charge in [-0.2, -0.15) is 0 Å². The molecule has 4 rings (SSSR count). The number of nitrogens with one attached hydrogen (secondary N) is 1. The fourth-order valence-electron chi connectivity index (χ4n) is 3.32. The highest BCUT2D eigenvalue weighted by atomic mass is 19.1. The molecule has 1 saturated heterocycles. The van der Waals surface area contributed by atoms with Gasteiger partial charge in [0.05, 0.1) is 11.0 Å². The van der Waals surface area contributed by atoms with Crippen LogP contribution in [0.5, 0.6) is 0 Å². The maximum Gasteiger partial charge on any atom is 0.248 e. The fourth-order valence-corrected chi connectivity index (χ4v) is 3.32. The molecule has 6 nitrogen and oxygen atoms in total. The van der Waals surface area contributed by atoms with E-state index >= 15 is 0 Å². The zero-order chi connectivity index (χ0) is 19.0. The van der Waals surface area contributed by atoms with E-state index in [9.17, 15) is 13.6 Å². The Bertz CT molecular complexity index is 975. The van der Waals surface area contributed by atoms with Crippen LogP contribution >= 0.6 is 0 Å². The minimum atomic E-state index is -0.514. The number of carbonyl (C=O) groups excluding carboxylic acids is 1. The molecule has 8 heteroatoms. The summed E-state index contributed by atoms with van der Waals surface area (Å²) in [6.45, 7) is 2.93. The number of piperazine rings is 1.